The Morgan fingerprint density at radius 2 is 1.85 bits per heavy atom. The van der Waals surface area contributed by atoms with Crippen LogP contribution in [0, 0.1) is 0 Å². The van der Waals surface area contributed by atoms with Crippen molar-refractivity contribution >= 4 is 28.5 Å². The van der Waals surface area contributed by atoms with E-state index < -0.39 is 6.04 Å². The molecule has 4 aromatic rings. The highest BCUT2D eigenvalue weighted by Gasteiger charge is 2.34. The summed E-state index contributed by atoms with van der Waals surface area (Å²) in [4.78, 5) is 29.7. The summed E-state index contributed by atoms with van der Waals surface area (Å²) in [5.74, 6) is 0.722. The SMILES string of the molecule is COc1cccc([C@H](C(=O)NC[C@H]2CCCO2)N(C(=O)Cn2nnc3ccccc32)c2ccc(OC)c(OC)c2)c1. The number of aromatic nitrogens is 3. The van der Waals surface area contributed by atoms with Crippen LogP contribution in [0.3, 0.4) is 0 Å². The van der Waals surface area contributed by atoms with Gasteiger partial charge >= 0.3 is 0 Å². The van der Waals surface area contributed by atoms with E-state index in [0.29, 0.717) is 52.7 Å². The van der Waals surface area contributed by atoms with Crippen molar-refractivity contribution in [2.75, 3.05) is 39.4 Å². The van der Waals surface area contributed by atoms with E-state index in [9.17, 15) is 9.59 Å². The lowest BCUT2D eigenvalue weighted by Crippen LogP contribution is -2.46. The van der Waals surface area contributed by atoms with Crippen LogP contribution >= 0.6 is 0 Å². The number of methoxy groups -OCH3 is 3. The second kappa shape index (κ2) is 12.7. The van der Waals surface area contributed by atoms with E-state index in [4.69, 9.17) is 18.9 Å². The van der Waals surface area contributed by atoms with Gasteiger partial charge in [-0.25, -0.2) is 4.68 Å². The Balaban J connectivity index is 1.59. The van der Waals surface area contributed by atoms with Gasteiger partial charge in [-0.1, -0.05) is 29.5 Å². The van der Waals surface area contributed by atoms with Crippen LogP contribution in [0.25, 0.3) is 11.0 Å². The second-order valence-electron chi connectivity index (χ2n) is 9.60. The van der Waals surface area contributed by atoms with Gasteiger partial charge in [0, 0.05) is 24.9 Å². The number of nitrogens with zero attached hydrogens (tertiary/aromatic N) is 4. The summed E-state index contributed by atoms with van der Waals surface area (Å²) in [5.41, 5.74) is 2.38. The Morgan fingerprint density at radius 3 is 2.61 bits per heavy atom. The van der Waals surface area contributed by atoms with Gasteiger partial charge < -0.3 is 24.3 Å². The van der Waals surface area contributed by atoms with Crippen molar-refractivity contribution < 1.29 is 28.5 Å². The average Bonchev–Trinajstić information content (AvgIpc) is 3.68. The standard InChI is InChI=1S/C30H33N5O6/c1-38-22-9-6-8-20(16-22)29(30(37)31-18-23-10-7-15-41-23)35(21-13-14-26(39-2)27(17-21)40-3)28(36)19-34-25-12-5-4-11-24(25)32-33-34/h4-6,8-9,11-14,16-17,23,29H,7,10,15,18-19H2,1-3H3,(H,31,37)/t23-,29-/m1/s1. The van der Waals surface area contributed by atoms with E-state index >= 15 is 0 Å². The number of amides is 2. The highest BCUT2D eigenvalue weighted by atomic mass is 16.5. The van der Waals surface area contributed by atoms with Gasteiger partial charge in [-0.15, -0.1) is 5.10 Å². The molecule has 0 saturated carbocycles. The number of ether oxygens (including phenoxy) is 4. The Hall–Kier alpha value is -4.64. The number of hydrogen-bond acceptors (Lipinski definition) is 8. The van der Waals surface area contributed by atoms with Gasteiger partial charge in [-0.3, -0.25) is 14.5 Å². The molecule has 41 heavy (non-hydrogen) atoms. The molecule has 1 aliphatic rings. The molecule has 1 aromatic heterocycles. The Morgan fingerprint density at radius 1 is 1.02 bits per heavy atom. The molecule has 214 valence electrons. The normalized spacial score (nSPS) is 15.3. The third-order valence-electron chi connectivity index (χ3n) is 7.06. The Labute approximate surface area is 237 Å². The topological polar surface area (TPSA) is 117 Å². The molecular formula is C30H33N5O6. The van der Waals surface area contributed by atoms with E-state index in [-0.39, 0.29) is 24.5 Å². The monoisotopic (exact) mass is 559 g/mol. The number of fused-ring (bicyclic) bond motifs is 1. The van der Waals surface area contributed by atoms with E-state index in [0.717, 1.165) is 12.8 Å². The van der Waals surface area contributed by atoms with Crippen molar-refractivity contribution in [2.45, 2.75) is 31.5 Å². The summed E-state index contributed by atoms with van der Waals surface area (Å²) in [6.07, 6.45) is 1.74. The first kappa shape index (κ1) is 27.9. The molecule has 1 N–H and O–H groups in total. The van der Waals surface area contributed by atoms with Gasteiger partial charge in [0.15, 0.2) is 11.5 Å². The molecule has 0 unspecified atom stereocenters. The van der Waals surface area contributed by atoms with Crippen LogP contribution in [0.15, 0.2) is 66.7 Å². The summed E-state index contributed by atoms with van der Waals surface area (Å²) in [6, 6.07) is 18.6. The summed E-state index contributed by atoms with van der Waals surface area (Å²) >= 11 is 0. The number of rotatable bonds is 11. The fraction of sp³-hybridized carbons (Fsp3) is 0.333. The van der Waals surface area contributed by atoms with Gasteiger partial charge in [0.25, 0.3) is 0 Å². The smallest absolute Gasteiger partial charge is 0.249 e. The minimum Gasteiger partial charge on any atom is -0.497 e. The summed E-state index contributed by atoms with van der Waals surface area (Å²) < 4.78 is 23.7. The predicted molar refractivity (Wildman–Crippen MR) is 152 cm³/mol. The van der Waals surface area contributed by atoms with Gasteiger partial charge in [0.05, 0.1) is 33.0 Å². The second-order valence-corrected chi connectivity index (χ2v) is 9.60. The zero-order valence-electron chi connectivity index (χ0n) is 23.3. The van der Waals surface area contributed by atoms with Gasteiger partial charge in [-0.2, -0.15) is 0 Å². The zero-order chi connectivity index (χ0) is 28.8. The van der Waals surface area contributed by atoms with Crippen molar-refractivity contribution in [1.82, 2.24) is 20.3 Å². The third kappa shape index (κ3) is 6.09. The lowest BCUT2D eigenvalue weighted by molar-refractivity contribution is -0.127. The van der Waals surface area contributed by atoms with Crippen molar-refractivity contribution in [1.29, 1.82) is 0 Å². The number of nitrogens with one attached hydrogen (secondary N) is 1. The summed E-state index contributed by atoms with van der Waals surface area (Å²) in [5, 5.41) is 11.4. The zero-order valence-corrected chi connectivity index (χ0v) is 23.3. The molecule has 5 rings (SSSR count). The Kier molecular flexibility index (Phi) is 8.64. The molecule has 2 amide bonds. The number of para-hydroxylation sites is 1. The maximum atomic E-state index is 14.3. The molecule has 1 saturated heterocycles. The van der Waals surface area contributed by atoms with Gasteiger partial charge in [0.2, 0.25) is 11.8 Å². The first-order chi connectivity index (χ1) is 20.0. The minimum atomic E-state index is -1.05. The molecule has 3 aromatic carbocycles. The van der Waals surface area contributed by atoms with Crippen LogP contribution in [0.1, 0.15) is 24.4 Å². The molecule has 11 heteroatoms. The number of carbonyl (C=O) groups excluding carboxylic acids is 2. The first-order valence-electron chi connectivity index (χ1n) is 13.4. The predicted octanol–water partition coefficient (Wildman–Crippen LogP) is 3.53. The average molecular weight is 560 g/mol. The van der Waals surface area contributed by atoms with E-state index in [2.05, 4.69) is 15.6 Å². The highest BCUT2D eigenvalue weighted by Crippen LogP contribution is 2.36. The van der Waals surface area contributed by atoms with Crippen LogP contribution in [-0.4, -0.2) is 67.4 Å². The molecule has 1 fully saturated rings. The molecule has 11 nitrogen and oxygen atoms in total. The lowest BCUT2D eigenvalue weighted by Gasteiger charge is -2.32. The molecule has 0 aliphatic carbocycles. The van der Waals surface area contributed by atoms with Gasteiger partial charge in [0.1, 0.15) is 23.9 Å². The van der Waals surface area contributed by atoms with Crippen LogP contribution in [-0.2, 0) is 20.9 Å². The summed E-state index contributed by atoms with van der Waals surface area (Å²) in [6.45, 7) is 0.845. The van der Waals surface area contributed by atoms with Gasteiger partial charge in [-0.05, 0) is 54.8 Å². The largest absolute Gasteiger partial charge is 0.497 e. The molecule has 2 atom stereocenters. The van der Waals surface area contributed by atoms with Crippen LogP contribution < -0.4 is 24.4 Å². The number of carbonyl (C=O) groups is 2. The van der Waals surface area contributed by atoms with Crippen LogP contribution in [0.4, 0.5) is 5.69 Å². The van der Waals surface area contributed by atoms with E-state index in [1.807, 2.05) is 24.3 Å². The van der Waals surface area contributed by atoms with E-state index in [1.54, 1.807) is 49.6 Å². The lowest BCUT2D eigenvalue weighted by atomic mass is 10.0. The fourth-order valence-electron chi connectivity index (χ4n) is 5.00. The number of benzene rings is 3. The number of hydrogen-bond donors (Lipinski definition) is 1. The first-order valence-corrected chi connectivity index (χ1v) is 13.4. The fourth-order valence-corrected chi connectivity index (χ4v) is 5.00. The third-order valence-corrected chi connectivity index (χ3v) is 7.06. The quantitative estimate of drug-likeness (QED) is 0.297. The minimum absolute atomic E-state index is 0.0725. The number of anilines is 1. The molecule has 0 spiro atoms. The van der Waals surface area contributed by atoms with Crippen molar-refractivity contribution in [3.63, 3.8) is 0 Å². The summed E-state index contributed by atoms with van der Waals surface area (Å²) in [7, 11) is 4.61. The molecular weight excluding hydrogens is 526 g/mol. The molecule has 1 aliphatic heterocycles. The molecule has 0 radical (unpaired) electrons. The van der Waals surface area contributed by atoms with Crippen molar-refractivity contribution in [3.8, 4) is 17.2 Å². The van der Waals surface area contributed by atoms with Crippen LogP contribution in [0.2, 0.25) is 0 Å². The van der Waals surface area contributed by atoms with Crippen LogP contribution in [0.5, 0.6) is 17.2 Å². The van der Waals surface area contributed by atoms with Crippen molar-refractivity contribution in [2.24, 2.45) is 0 Å². The highest BCUT2D eigenvalue weighted by molar-refractivity contribution is 6.01. The van der Waals surface area contributed by atoms with Crippen molar-refractivity contribution in [3.05, 3.63) is 72.3 Å². The molecule has 2 heterocycles. The molecule has 0 bridgehead atoms. The Bertz CT molecular complexity index is 1520. The maximum Gasteiger partial charge on any atom is 0.249 e. The maximum absolute atomic E-state index is 14.3. The van der Waals surface area contributed by atoms with E-state index in [1.165, 1.54) is 23.8 Å².